The second kappa shape index (κ2) is 8.29. The van der Waals surface area contributed by atoms with Gasteiger partial charge in [-0.25, -0.2) is 4.39 Å². The molecule has 5 nitrogen and oxygen atoms in total. The summed E-state index contributed by atoms with van der Waals surface area (Å²) in [5, 5.41) is 2.43. The van der Waals surface area contributed by atoms with Crippen molar-refractivity contribution in [2.24, 2.45) is 11.5 Å². The molecule has 1 aliphatic rings. The molecule has 2 unspecified atom stereocenters. The predicted molar refractivity (Wildman–Crippen MR) is 106 cm³/mol. The maximum atomic E-state index is 14.4. The second-order valence-corrected chi connectivity index (χ2v) is 8.01. The van der Waals surface area contributed by atoms with Gasteiger partial charge in [0.1, 0.15) is 16.4 Å². The third-order valence-corrected chi connectivity index (χ3v) is 5.97. The van der Waals surface area contributed by atoms with Crippen molar-refractivity contribution in [3.05, 3.63) is 65.0 Å². The Balaban J connectivity index is 1.99. The topological polar surface area (TPSA) is 90.4 Å². The van der Waals surface area contributed by atoms with Crippen LogP contribution in [0.5, 0.6) is 5.75 Å². The van der Waals surface area contributed by atoms with Gasteiger partial charge in [0.05, 0.1) is 12.0 Å². The Kier molecular flexibility index (Phi) is 6.04. The van der Waals surface area contributed by atoms with Crippen LogP contribution in [-0.4, -0.2) is 19.1 Å². The van der Waals surface area contributed by atoms with Gasteiger partial charge in [-0.05, 0) is 19.1 Å². The van der Waals surface area contributed by atoms with E-state index in [1.54, 1.807) is 12.1 Å². The number of aryl methyl sites for hydroxylation is 1. The molecule has 1 amide bonds. The maximum Gasteiger partial charge on any atom is 0.222 e. The van der Waals surface area contributed by atoms with Crippen molar-refractivity contribution < 1.29 is 13.9 Å². The van der Waals surface area contributed by atoms with Crippen LogP contribution in [0.1, 0.15) is 34.9 Å². The number of hydrogen-bond donors (Lipinski definition) is 3. The first-order valence-corrected chi connectivity index (χ1v) is 9.76. The molecule has 0 saturated heterocycles. The highest BCUT2D eigenvalue weighted by molar-refractivity contribution is 8.00. The average Bonchev–Trinajstić information content (AvgIpc) is 2.64. The lowest BCUT2D eigenvalue weighted by atomic mass is 9.99. The number of para-hydroxylation sites is 1. The van der Waals surface area contributed by atoms with Crippen molar-refractivity contribution in [1.29, 1.82) is 0 Å². The molecule has 0 bridgehead atoms. The summed E-state index contributed by atoms with van der Waals surface area (Å²) in [6.07, 6.45) is 0.728. The van der Waals surface area contributed by atoms with E-state index in [2.05, 4.69) is 5.32 Å². The van der Waals surface area contributed by atoms with Crippen molar-refractivity contribution in [1.82, 2.24) is 5.32 Å². The minimum Gasteiger partial charge on any atom is -0.493 e. The second-order valence-electron chi connectivity index (χ2n) is 6.57. The van der Waals surface area contributed by atoms with Gasteiger partial charge >= 0.3 is 0 Å². The van der Waals surface area contributed by atoms with Crippen LogP contribution in [0, 0.1) is 12.7 Å². The van der Waals surface area contributed by atoms with Crippen LogP contribution in [-0.2, 0) is 9.67 Å². The first-order valence-electron chi connectivity index (χ1n) is 8.88. The number of nitrogens with two attached hydrogens (primary N) is 2. The van der Waals surface area contributed by atoms with E-state index in [1.165, 1.54) is 17.8 Å². The molecule has 144 valence electrons. The summed E-state index contributed by atoms with van der Waals surface area (Å²) in [5.41, 5.74) is 14.1. The maximum absolute atomic E-state index is 14.4. The van der Waals surface area contributed by atoms with Gasteiger partial charge in [-0.3, -0.25) is 4.79 Å². The highest BCUT2D eigenvalue weighted by Gasteiger charge is 2.41. The summed E-state index contributed by atoms with van der Waals surface area (Å²) in [6.45, 7) is 2.57. The molecule has 0 aromatic heterocycles. The standard InChI is InChI=1S/C20H24FN3O2S/c1-13-6-7-16(21)14(12-13)19(23)27-20(24-18(25)8-10-22)9-11-26-17-5-3-2-4-15(17)20/h2-7,12,19H,8-11,22-23H2,1H3,(H,24,25). The Morgan fingerprint density at radius 1 is 1.37 bits per heavy atom. The lowest BCUT2D eigenvalue weighted by Crippen LogP contribution is -2.47. The lowest BCUT2D eigenvalue weighted by Gasteiger charge is -2.40. The molecule has 7 heteroatoms. The third kappa shape index (κ3) is 4.26. The van der Waals surface area contributed by atoms with Gasteiger partial charge in [0.2, 0.25) is 5.91 Å². The molecule has 2 atom stereocenters. The number of amides is 1. The summed E-state index contributed by atoms with van der Waals surface area (Å²) in [7, 11) is 0. The summed E-state index contributed by atoms with van der Waals surface area (Å²) in [6, 6.07) is 12.4. The molecule has 0 saturated carbocycles. The Labute approximate surface area is 162 Å². The molecule has 27 heavy (non-hydrogen) atoms. The van der Waals surface area contributed by atoms with Crippen molar-refractivity contribution in [2.75, 3.05) is 13.2 Å². The summed E-state index contributed by atoms with van der Waals surface area (Å²) in [5.74, 6) is 0.171. The zero-order valence-corrected chi connectivity index (χ0v) is 16.0. The molecule has 0 aliphatic carbocycles. The van der Waals surface area contributed by atoms with Crippen molar-refractivity contribution in [3.8, 4) is 5.75 Å². The number of nitrogens with one attached hydrogen (secondary N) is 1. The number of ether oxygens (including phenoxy) is 1. The highest BCUT2D eigenvalue weighted by atomic mass is 32.2. The fourth-order valence-corrected chi connectivity index (χ4v) is 4.64. The van der Waals surface area contributed by atoms with E-state index in [-0.39, 0.29) is 24.7 Å². The minimum absolute atomic E-state index is 0.168. The molecule has 0 fully saturated rings. The number of carbonyl (C=O) groups is 1. The Bertz CT molecular complexity index is 833. The van der Waals surface area contributed by atoms with Crippen molar-refractivity contribution >= 4 is 17.7 Å². The number of carbonyl (C=O) groups excluding carboxylic acids is 1. The van der Waals surface area contributed by atoms with E-state index < -0.39 is 10.2 Å². The summed E-state index contributed by atoms with van der Waals surface area (Å²) < 4.78 is 20.1. The van der Waals surface area contributed by atoms with Gasteiger partial charge in [-0.15, -0.1) is 11.8 Å². The molecular formula is C20H24FN3O2S. The van der Waals surface area contributed by atoms with Gasteiger partial charge in [0.25, 0.3) is 0 Å². The lowest BCUT2D eigenvalue weighted by molar-refractivity contribution is -0.122. The van der Waals surface area contributed by atoms with E-state index in [0.29, 0.717) is 24.3 Å². The minimum atomic E-state index is -0.809. The number of hydrogen-bond acceptors (Lipinski definition) is 5. The van der Waals surface area contributed by atoms with Gasteiger partial charge < -0.3 is 21.5 Å². The molecular weight excluding hydrogens is 365 g/mol. The average molecular weight is 389 g/mol. The van der Waals surface area contributed by atoms with Crippen LogP contribution < -0.4 is 21.5 Å². The van der Waals surface area contributed by atoms with Gasteiger partial charge in [0.15, 0.2) is 0 Å². The number of halogens is 1. The zero-order chi connectivity index (χ0) is 19.4. The number of fused-ring (bicyclic) bond motifs is 1. The van der Waals surface area contributed by atoms with Crippen LogP contribution in [0.3, 0.4) is 0 Å². The number of benzene rings is 2. The summed E-state index contributed by atoms with van der Waals surface area (Å²) >= 11 is 1.33. The first kappa shape index (κ1) is 19.7. The van der Waals surface area contributed by atoms with Crippen LogP contribution >= 0.6 is 11.8 Å². The number of rotatable bonds is 6. The smallest absolute Gasteiger partial charge is 0.222 e. The monoisotopic (exact) mass is 389 g/mol. The Hall–Kier alpha value is -2.09. The van der Waals surface area contributed by atoms with Crippen molar-refractivity contribution in [2.45, 2.75) is 30.0 Å². The van der Waals surface area contributed by atoms with Crippen LogP contribution in [0.25, 0.3) is 0 Å². The Morgan fingerprint density at radius 3 is 2.93 bits per heavy atom. The van der Waals surface area contributed by atoms with Gasteiger partial charge in [-0.1, -0.05) is 35.9 Å². The third-order valence-electron chi connectivity index (χ3n) is 4.53. The molecule has 1 heterocycles. The van der Waals surface area contributed by atoms with E-state index in [1.807, 2.05) is 31.2 Å². The normalized spacial score (nSPS) is 19.7. The van der Waals surface area contributed by atoms with E-state index >= 15 is 0 Å². The quantitative estimate of drug-likeness (QED) is 0.661. The van der Waals surface area contributed by atoms with E-state index in [4.69, 9.17) is 16.2 Å². The van der Waals surface area contributed by atoms with Crippen LogP contribution in [0.4, 0.5) is 4.39 Å². The zero-order valence-electron chi connectivity index (χ0n) is 15.2. The molecule has 3 rings (SSSR count). The Morgan fingerprint density at radius 2 is 2.15 bits per heavy atom. The SMILES string of the molecule is Cc1ccc(F)c(C(N)SC2(NC(=O)CCN)CCOc3ccccc32)c1. The fourth-order valence-electron chi connectivity index (χ4n) is 3.23. The van der Waals surface area contributed by atoms with Gasteiger partial charge in [0, 0.05) is 30.5 Å². The van der Waals surface area contributed by atoms with E-state index in [9.17, 15) is 9.18 Å². The fraction of sp³-hybridized carbons (Fsp3) is 0.350. The van der Waals surface area contributed by atoms with Gasteiger partial charge in [-0.2, -0.15) is 0 Å². The molecule has 2 aromatic rings. The van der Waals surface area contributed by atoms with E-state index in [0.717, 1.165) is 11.1 Å². The van der Waals surface area contributed by atoms with Crippen LogP contribution in [0.15, 0.2) is 42.5 Å². The van der Waals surface area contributed by atoms with Crippen molar-refractivity contribution in [3.63, 3.8) is 0 Å². The molecule has 0 radical (unpaired) electrons. The summed E-state index contributed by atoms with van der Waals surface area (Å²) in [4.78, 5) is 11.6. The molecule has 0 spiro atoms. The molecule has 2 aromatic carbocycles. The number of thioether (sulfide) groups is 1. The highest BCUT2D eigenvalue weighted by Crippen LogP contribution is 2.49. The van der Waals surface area contributed by atoms with Crippen LogP contribution in [0.2, 0.25) is 0 Å². The molecule has 1 aliphatic heterocycles. The molecule has 5 N–H and O–H groups in total. The predicted octanol–water partition coefficient (Wildman–Crippen LogP) is 2.93. The largest absolute Gasteiger partial charge is 0.493 e. The first-order chi connectivity index (χ1) is 12.9.